The minimum atomic E-state index is 0.00591. The number of amides is 1. The van der Waals surface area contributed by atoms with Crippen LogP contribution in [0.25, 0.3) is 0 Å². The molecule has 1 aromatic rings. The summed E-state index contributed by atoms with van der Waals surface area (Å²) in [5, 5.41) is 0. The zero-order valence-electron chi connectivity index (χ0n) is 13.3. The van der Waals surface area contributed by atoms with Crippen molar-refractivity contribution in [2.24, 2.45) is 5.73 Å². The Morgan fingerprint density at radius 1 is 1.33 bits per heavy atom. The number of rotatable bonds is 3. The van der Waals surface area contributed by atoms with Crippen molar-refractivity contribution in [2.45, 2.75) is 45.1 Å². The molecule has 0 radical (unpaired) electrons. The van der Waals surface area contributed by atoms with E-state index in [0.717, 1.165) is 25.1 Å². The molecule has 1 aliphatic heterocycles. The molecule has 2 N–H and O–H groups in total. The molecular formula is C17H26N2O2. The normalized spacial score (nSPS) is 19.4. The van der Waals surface area contributed by atoms with Crippen molar-refractivity contribution < 1.29 is 9.53 Å². The molecule has 1 atom stereocenters. The summed E-state index contributed by atoms with van der Waals surface area (Å²) in [5.41, 5.74) is 6.86. The average Bonchev–Trinajstić information content (AvgIpc) is 2.46. The molecule has 1 aromatic carbocycles. The maximum Gasteiger partial charge on any atom is 0.236 e. The fourth-order valence-corrected chi connectivity index (χ4v) is 2.62. The zero-order chi connectivity index (χ0) is 15.5. The third-order valence-electron chi connectivity index (χ3n) is 3.93. The molecule has 4 nitrogen and oxygen atoms in total. The highest BCUT2D eigenvalue weighted by molar-refractivity contribution is 5.78. The fourth-order valence-electron chi connectivity index (χ4n) is 2.62. The first-order chi connectivity index (χ1) is 9.90. The van der Waals surface area contributed by atoms with E-state index in [1.807, 2.05) is 12.1 Å². The van der Waals surface area contributed by atoms with E-state index in [4.69, 9.17) is 10.5 Å². The Hall–Kier alpha value is -1.55. The molecule has 1 unspecified atom stereocenters. The van der Waals surface area contributed by atoms with Gasteiger partial charge in [-0.3, -0.25) is 4.79 Å². The zero-order valence-corrected chi connectivity index (χ0v) is 13.3. The van der Waals surface area contributed by atoms with Crippen LogP contribution in [0.1, 0.15) is 39.2 Å². The second kappa shape index (κ2) is 6.48. The van der Waals surface area contributed by atoms with Gasteiger partial charge in [-0.1, -0.05) is 32.9 Å². The van der Waals surface area contributed by atoms with Crippen molar-refractivity contribution in [2.75, 3.05) is 19.6 Å². The molecule has 0 spiro atoms. The van der Waals surface area contributed by atoms with Gasteiger partial charge in [0.15, 0.2) is 0 Å². The van der Waals surface area contributed by atoms with Crippen LogP contribution in [0.15, 0.2) is 24.3 Å². The number of nitrogens with zero attached hydrogens (tertiary/aromatic N) is 1. The third kappa shape index (κ3) is 4.21. The Morgan fingerprint density at radius 2 is 2.00 bits per heavy atom. The smallest absolute Gasteiger partial charge is 0.236 e. The van der Waals surface area contributed by atoms with Gasteiger partial charge in [0.2, 0.25) is 5.91 Å². The Morgan fingerprint density at radius 3 is 2.57 bits per heavy atom. The van der Waals surface area contributed by atoms with Gasteiger partial charge >= 0.3 is 0 Å². The van der Waals surface area contributed by atoms with Gasteiger partial charge in [-0.25, -0.2) is 0 Å². The summed E-state index contributed by atoms with van der Waals surface area (Å²) in [6.45, 7) is 8.09. The first-order valence-electron chi connectivity index (χ1n) is 7.65. The third-order valence-corrected chi connectivity index (χ3v) is 3.93. The van der Waals surface area contributed by atoms with E-state index >= 15 is 0 Å². The average molecular weight is 290 g/mol. The van der Waals surface area contributed by atoms with Gasteiger partial charge in [-0.05, 0) is 36.0 Å². The number of nitrogens with two attached hydrogens (primary N) is 1. The van der Waals surface area contributed by atoms with E-state index in [9.17, 15) is 4.79 Å². The van der Waals surface area contributed by atoms with Gasteiger partial charge in [0, 0.05) is 6.54 Å². The molecule has 0 saturated carbocycles. The number of hydrogen-bond acceptors (Lipinski definition) is 3. The van der Waals surface area contributed by atoms with Crippen molar-refractivity contribution in [3.63, 3.8) is 0 Å². The molecule has 1 heterocycles. The second-order valence-electron chi connectivity index (χ2n) is 6.70. The lowest BCUT2D eigenvalue weighted by molar-refractivity contribution is -0.132. The Labute approximate surface area is 127 Å². The molecule has 0 bridgehead atoms. The Kier molecular flexibility index (Phi) is 4.88. The maximum atomic E-state index is 11.7. The summed E-state index contributed by atoms with van der Waals surface area (Å²) in [7, 11) is 0. The predicted octanol–water partition coefficient (Wildman–Crippen LogP) is 2.31. The Bertz CT molecular complexity index is 477. The van der Waals surface area contributed by atoms with Crippen LogP contribution >= 0.6 is 0 Å². The predicted molar refractivity (Wildman–Crippen MR) is 84.4 cm³/mol. The van der Waals surface area contributed by atoms with Crippen LogP contribution in [0.3, 0.4) is 0 Å². The monoisotopic (exact) mass is 290 g/mol. The highest BCUT2D eigenvalue weighted by Gasteiger charge is 2.24. The molecule has 1 aliphatic rings. The molecule has 0 aromatic heterocycles. The van der Waals surface area contributed by atoms with E-state index in [2.05, 4.69) is 32.9 Å². The highest BCUT2D eigenvalue weighted by Crippen LogP contribution is 2.25. The van der Waals surface area contributed by atoms with Crippen LogP contribution in [0, 0.1) is 0 Å². The van der Waals surface area contributed by atoms with Crippen LogP contribution in [0.5, 0.6) is 5.75 Å². The van der Waals surface area contributed by atoms with E-state index in [0.29, 0.717) is 6.54 Å². The van der Waals surface area contributed by atoms with Crippen LogP contribution in [0.4, 0.5) is 0 Å². The van der Waals surface area contributed by atoms with E-state index in [1.165, 1.54) is 5.56 Å². The van der Waals surface area contributed by atoms with Gasteiger partial charge in [0.25, 0.3) is 0 Å². The number of carbonyl (C=O) groups is 1. The largest absolute Gasteiger partial charge is 0.489 e. The lowest BCUT2D eigenvalue weighted by atomic mass is 9.87. The summed E-state index contributed by atoms with van der Waals surface area (Å²) < 4.78 is 6.01. The number of likely N-dealkylation sites (tertiary alicyclic amines) is 1. The van der Waals surface area contributed by atoms with Crippen LogP contribution in [-0.4, -0.2) is 36.5 Å². The number of ether oxygens (including phenoxy) is 1. The maximum absolute atomic E-state index is 11.7. The SMILES string of the molecule is CC(C)(C)c1ccc(OC2CCCN(C(=O)CN)C2)cc1. The number of piperidine rings is 1. The summed E-state index contributed by atoms with van der Waals surface area (Å²) >= 11 is 0. The number of benzene rings is 1. The van der Waals surface area contributed by atoms with Crippen molar-refractivity contribution in [3.05, 3.63) is 29.8 Å². The highest BCUT2D eigenvalue weighted by atomic mass is 16.5. The Balaban J connectivity index is 1.96. The van der Waals surface area contributed by atoms with Gasteiger partial charge in [-0.2, -0.15) is 0 Å². The van der Waals surface area contributed by atoms with Crippen LogP contribution in [0.2, 0.25) is 0 Å². The lowest BCUT2D eigenvalue weighted by Crippen LogP contribution is -2.46. The van der Waals surface area contributed by atoms with E-state index in [-0.39, 0.29) is 24.0 Å². The summed E-state index contributed by atoms with van der Waals surface area (Å²) in [5.74, 6) is 0.876. The van der Waals surface area contributed by atoms with Gasteiger partial charge in [0.05, 0.1) is 13.1 Å². The van der Waals surface area contributed by atoms with Crippen molar-refractivity contribution in [1.29, 1.82) is 0 Å². The van der Waals surface area contributed by atoms with Gasteiger partial charge in [-0.15, -0.1) is 0 Å². The number of hydrogen-bond donors (Lipinski definition) is 1. The topological polar surface area (TPSA) is 55.6 Å². The molecule has 0 aliphatic carbocycles. The quantitative estimate of drug-likeness (QED) is 0.929. The van der Waals surface area contributed by atoms with Crippen molar-refractivity contribution in [3.8, 4) is 5.75 Å². The lowest BCUT2D eigenvalue weighted by Gasteiger charge is -2.32. The first kappa shape index (κ1) is 15.8. The fraction of sp³-hybridized carbons (Fsp3) is 0.588. The standard InChI is InChI=1S/C17H26N2O2/c1-17(2,3)13-6-8-14(9-7-13)21-15-5-4-10-19(12-15)16(20)11-18/h6-9,15H,4-5,10-12,18H2,1-3H3. The molecule has 2 rings (SSSR count). The molecule has 21 heavy (non-hydrogen) atoms. The van der Waals surface area contributed by atoms with Crippen LogP contribution in [-0.2, 0) is 10.2 Å². The summed E-state index contributed by atoms with van der Waals surface area (Å²) in [6, 6.07) is 8.26. The molecule has 1 fully saturated rings. The number of carbonyl (C=O) groups excluding carboxylic acids is 1. The minimum Gasteiger partial charge on any atom is -0.489 e. The van der Waals surface area contributed by atoms with E-state index < -0.39 is 0 Å². The van der Waals surface area contributed by atoms with Crippen molar-refractivity contribution >= 4 is 5.91 Å². The van der Waals surface area contributed by atoms with Gasteiger partial charge < -0.3 is 15.4 Å². The second-order valence-corrected chi connectivity index (χ2v) is 6.70. The molecule has 1 saturated heterocycles. The summed E-state index contributed by atoms with van der Waals surface area (Å²) in [6.07, 6.45) is 2.01. The summed E-state index contributed by atoms with van der Waals surface area (Å²) in [4.78, 5) is 13.5. The van der Waals surface area contributed by atoms with Crippen molar-refractivity contribution in [1.82, 2.24) is 4.90 Å². The van der Waals surface area contributed by atoms with E-state index in [1.54, 1.807) is 4.90 Å². The minimum absolute atomic E-state index is 0.00591. The van der Waals surface area contributed by atoms with Gasteiger partial charge in [0.1, 0.15) is 11.9 Å². The molecule has 116 valence electrons. The van der Waals surface area contributed by atoms with Crippen LogP contribution < -0.4 is 10.5 Å². The molecule has 1 amide bonds. The molecular weight excluding hydrogens is 264 g/mol. The molecule has 4 heteroatoms. The first-order valence-corrected chi connectivity index (χ1v) is 7.65.